The SMILES string of the molecule is NCCCCNC(=O)C1CCCN1C(=O)c1ccc2c(c1)OCO2. The lowest BCUT2D eigenvalue weighted by atomic mass is 10.1. The number of nitrogens with two attached hydrogens (primary N) is 1. The number of ether oxygens (including phenoxy) is 2. The maximum Gasteiger partial charge on any atom is 0.254 e. The van der Waals surface area contributed by atoms with Crippen molar-refractivity contribution < 1.29 is 19.1 Å². The molecule has 0 aliphatic carbocycles. The summed E-state index contributed by atoms with van der Waals surface area (Å²) in [4.78, 5) is 26.8. The number of fused-ring (bicyclic) bond motifs is 1. The van der Waals surface area contributed by atoms with Gasteiger partial charge < -0.3 is 25.4 Å². The first kappa shape index (κ1) is 16.6. The predicted octanol–water partition coefficient (Wildman–Crippen LogP) is 0.875. The van der Waals surface area contributed by atoms with E-state index in [9.17, 15) is 9.59 Å². The molecular weight excluding hydrogens is 310 g/mol. The van der Waals surface area contributed by atoms with Crippen LogP contribution in [0.4, 0.5) is 0 Å². The van der Waals surface area contributed by atoms with Crippen LogP contribution in [0, 0.1) is 0 Å². The molecule has 1 aromatic carbocycles. The van der Waals surface area contributed by atoms with Crippen molar-refractivity contribution in [2.45, 2.75) is 31.7 Å². The fourth-order valence-corrected chi connectivity index (χ4v) is 3.08. The number of hydrogen-bond acceptors (Lipinski definition) is 5. The monoisotopic (exact) mass is 333 g/mol. The van der Waals surface area contributed by atoms with E-state index in [-0.39, 0.29) is 18.6 Å². The second-order valence-electron chi connectivity index (χ2n) is 6.01. The summed E-state index contributed by atoms with van der Waals surface area (Å²) in [6, 6.07) is 4.72. The zero-order valence-corrected chi connectivity index (χ0v) is 13.6. The van der Waals surface area contributed by atoms with E-state index in [1.165, 1.54) is 0 Å². The van der Waals surface area contributed by atoms with E-state index in [0.29, 0.717) is 43.1 Å². The molecule has 1 fully saturated rings. The van der Waals surface area contributed by atoms with Gasteiger partial charge >= 0.3 is 0 Å². The Morgan fingerprint density at radius 1 is 1.25 bits per heavy atom. The van der Waals surface area contributed by atoms with Crippen LogP contribution in [0.2, 0.25) is 0 Å². The molecule has 3 rings (SSSR count). The molecular formula is C17H23N3O4. The third-order valence-electron chi connectivity index (χ3n) is 4.37. The Bertz CT molecular complexity index is 620. The van der Waals surface area contributed by atoms with Crippen LogP contribution in [0.3, 0.4) is 0 Å². The van der Waals surface area contributed by atoms with E-state index < -0.39 is 6.04 Å². The Morgan fingerprint density at radius 2 is 2.08 bits per heavy atom. The highest BCUT2D eigenvalue weighted by atomic mass is 16.7. The number of nitrogens with zero attached hydrogens (tertiary/aromatic N) is 1. The first-order chi connectivity index (χ1) is 11.7. The topological polar surface area (TPSA) is 93.9 Å². The third-order valence-corrected chi connectivity index (χ3v) is 4.37. The molecule has 0 aromatic heterocycles. The van der Waals surface area contributed by atoms with Crippen molar-refractivity contribution in [3.63, 3.8) is 0 Å². The van der Waals surface area contributed by atoms with Crippen LogP contribution < -0.4 is 20.5 Å². The van der Waals surface area contributed by atoms with Gasteiger partial charge in [-0.1, -0.05) is 0 Å². The van der Waals surface area contributed by atoms with Crippen LogP contribution in [-0.4, -0.2) is 49.2 Å². The van der Waals surface area contributed by atoms with Crippen LogP contribution in [-0.2, 0) is 4.79 Å². The molecule has 0 spiro atoms. The lowest BCUT2D eigenvalue weighted by Gasteiger charge is -2.24. The Kier molecular flexibility index (Phi) is 5.20. The molecule has 2 aliphatic rings. The van der Waals surface area contributed by atoms with Gasteiger partial charge in [0, 0.05) is 18.7 Å². The van der Waals surface area contributed by atoms with E-state index in [0.717, 1.165) is 19.3 Å². The van der Waals surface area contributed by atoms with E-state index in [4.69, 9.17) is 15.2 Å². The number of benzene rings is 1. The standard InChI is InChI=1S/C17H23N3O4/c18-7-1-2-8-19-16(21)13-4-3-9-20(13)17(22)12-5-6-14-15(10-12)24-11-23-14/h5-6,10,13H,1-4,7-9,11,18H2,(H,19,21). The molecule has 3 N–H and O–H groups in total. The summed E-state index contributed by atoms with van der Waals surface area (Å²) in [5.74, 6) is 0.983. The summed E-state index contributed by atoms with van der Waals surface area (Å²) in [7, 11) is 0. The highest BCUT2D eigenvalue weighted by Crippen LogP contribution is 2.33. The average molecular weight is 333 g/mol. The van der Waals surface area contributed by atoms with Crippen molar-refractivity contribution in [2.75, 3.05) is 26.4 Å². The molecule has 1 aromatic rings. The van der Waals surface area contributed by atoms with Gasteiger partial charge in [0.1, 0.15) is 6.04 Å². The van der Waals surface area contributed by atoms with Gasteiger partial charge in [0.05, 0.1) is 0 Å². The lowest BCUT2D eigenvalue weighted by Crippen LogP contribution is -2.46. The second kappa shape index (κ2) is 7.53. The highest BCUT2D eigenvalue weighted by molar-refractivity contribution is 5.98. The predicted molar refractivity (Wildman–Crippen MR) is 87.9 cm³/mol. The second-order valence-corrected chi connectivity index (χ2v) is 6.01. The first-order valence-electron chi connectivity index (χ1n) is 8.39. The molecule has 0 bridgehead atoms. The van der Waals surface area contributed by atoms with Gasteiger partial charge in [-0.15, -0.1) is 0 Å². The molecule has 1 saturated heterocycles. The van der Waals surface area contributed by atoms with Crippen LogP contribution in [0.25, 0.3) is 0 Å². The van der Waals surface area contributed by atoms with Gasteiger partial charge in [-0.05, 0) is 50.4 Å². The van der Waals surface area contributed by atoms with Crippen LogP contribution >= 0.6 is 0 Å². The van der Waals surface area contributed by atoms with E-state index in [2.05, 4.69) is 5.32 Å². The summed E-state index contributed by atoms with van der Waals surface area (Å²) in [5.41, 5.74) is 5.96. The summed E-state index contributed by atoms with van der Waals surface area (Å²) in [6.45, 7) is 1.98. The Balaban J connectivity index is 1.64. The normalized spacial score (nSPS) is 18.7. The summed E-state index contributed by atoms with van der Waals surface area (Å²) in [5, 5.41) is 2.90. The van der Waals surface area contributed by atoms with Gasteiger partial charge in [-0.25, -0.2) is 0 Å². The molecule has 0 saturated carbocycles. The number of unbranched alkanes of at least 4 members (excludes halogenated alkanes) is 1. The van der Waals surface area contributed by atoms with Crippen LogP contribution in [0.5, 0.6) is 11.5 Å². The third kappa shape index (κ3) is 3.46. The van der Waals surface area contributed by atoms with Crippen molar-refractivity contribution in [1.82, 2.24) is 10.2 Å². The summed E-state index contributed by atoms with van der Waals surface area (Å²) in [6.07, 6.45) is 3.26. The Hall–Kier alpha value is -2.28. The molecule has 24 heavy (non-hydrogen) atoms. The first-order valence-corrected chi connectivity index (χ1v) is 8.39. The number of carbonyl (C=O) groups is 2. The molecule has 1 unspecified atom stereocenters. The van der Waals surface area contributed by atoms with Gasteiger partial charge in [0.25, 0.3) is 5.91 Å². The fourth-order valence-electron chi connectivity index (χ4n) is 3.08. The van der Waals surface area contributed by atoms with Gasteiger partial charge in [0.2, 0.25) is 12.7 Å². The largest absolute Gasteiger partial charge is 0.454 e. The minimum atomic E-state index is -0.402. The quantitative estimate of drug-likeness (QED) is 0.754. The minimum absolute atomic E-state index is 0.0846. The van der Waals surface area contributed by atoms with E-state index in [1.807, 2.05) is 0 Å². The average Bonchev–Trinajstić information content (AvgIpc) is 3.25. The number of amides is 2. The lowest BCUT2D eigenvalue weighted by molar-refractivity contribution is -0.124. The molecule has 7 nitrogen and oxygen atoms in total. The van der Waals surface area contributed by atoms with Crippen molar-refractivity contribution in [3.8, 4) is 11.5 Å². The van der Waals surface area contributed by atoms with Crippen molar-refractivity contribution in [1.29, 1.82) is 0 Å². The van der Waals surface area contributed by atoms with Gasteiger partial charge in [-0.2, -0.15) is 0 Å². The van der Waals surface area contributed by atoms with Crippen molar-refractivity contribution in [2.24, 2.45) is 5.73 Å². The molecule has 0 radical (unpaired) electrons. The highest BCUT2D eigenvalue weighted by Gasteiger charge is 2.34. The molecule has 7 heteroatoms. The van der Waals surface area contributed by atoms with Crippen molar-refractivity contribution >= 4 is 11.8 Å². The van der Waals surface area contributed by atoms with Crippen LogP contribution in [0.1, 0.15) is 36.0 Å². The number of nitrogens with one attached hydrogen (secondary N) is 1. The minimum Gasteiger partial charge on any atom is -0.454 e. The zero-order valence-electron chi connectivity index (χ0n) is 13.6. The number of likely N-dealkylation sites (tertiary alicyclic amines) is 1. The molecule has 2 amide bonds. The number of rotatable bonds is 6. The maximum absolute atomic E-state index is 12.8. The van der Waals surface area contributed by atoms with Crippen LogP contribution in [0.15, 0.2) is 18.2 Å². The molecule has 130 valence electrons. The zero-order chi connectivity index (χ0) is 16.9. The smallest absolute Gasteiger partial charge is 0.254 e. The van der Waals surface area contributed by atoms with Gasteiger partial charge in [0.15, 0.2) is 11.5 Å². The Morgan fingerprint density at radius 3 is 2.92 bits per heavy atom. The van der Waals surface area contributed by atoms with Gasteiger partial charge in [-0.3, -0.25) is 9.59 Å². The fraction of sp³-hybridized carbons (Fsp3) is 0.529. The maximum atomic E-state index is 12.8. The van der Waals surface area contributed by atoms with E-state index >= 15 is 0 Å². The van der Waals surface area contributed by atoms with Crippen molar-refractivity contribution in [3.05, 3.63) is 23.8 Å². The summed E-state index contributed by atoms with van der Waals surface area (Å²) >= 11 is 0. The molecule has 2 heterocycles. The number of hydrogen-bond donors (Lipinski definition) is 2. The Labute approximate surface area is 141 Å². The molecule has 2 aliphatic heterocycles. The molecule has 1 atom stereocenters. The number of carbonyl (C=O) groups excluding carboxylic acids is 2. The summed E-state index contributed by atoms with van der Waals surface area (Å²) < 4.78 is 10.6. The van der Waals surface area contributed by atoms with E-state index in [1.54, 1.807) is 23.1 Å².